The van der Waals surface area contributed by atoms with Crippen molar-refractivity contribution in [3.8, 4) is 5.69 Å². The van der Waals surface area contributed by atoms with E-state index in [4.69, 9.17) is 0 Å². The van der Waals surface area contributed by atoms with E-state index in [1.807, 2.05) is 4.68 Å². The molecule has 3 rings (SSSR count). The highest BCUT2D eigenvalue weighted by Gasteiger charge is 2.16. The maximum absolute atomic E-state index is 9.34. The van der Waals surface area contributed by atoms with E-state index in [0.717, 1.165) is 30.6 Å². The van der Waals surface area contributed by atoms with Crippen LogP contribution in [0.1, 0.15) is 42.3 Å². The summed E-state index contributed by atoms with van der Waals surface area (Å²) in [5, 5.41) is 17.6. The van der Waals surface area contributed by atoms with Gasteiger partial charge in [-0.3, -0.25) is 0 Å². The van der Waals surface area contributed by atoms with Gasteiger partial charge in [0.05, 0.1) is 18.0 Å². The quantitative estimate of drug-likeness (QED) is 0.913. The van der Waals surface area contributed by atoms with Crippen LogP contribution < -0.4 is 0 Å². The summed E-state index contributed by atoms with van der Waals surface area (Å²) >= 11 is 0. The summed E-state index contributed by atoms with van der Waals surface area (Å²) in [6.45, 7) is 2.08. The van der Waals surface area contributed by atoms with Gasteiger partial charge in [0.1, 0.15) is 5.69 Å². The van der Waals surface area contributed by atoms with Gasteiger partial charge in [-0.25, -0.2) is 4.68 Å². The lowest BCUT2D eigenvalue weighted by Crippen LogP contribution is -2.04. The summed E-state index contributed by atoms with van der Waals surface area (Å²) in [5.41, 5.74) is 5.69. The van der Waals surface area contributed by atoms with Gasteiger partial charge in [0.2, 0.25) is 0 Å². The number of fused-ring (bicyclic) bond motifs is 1. The van der Waals surface area contributed by atoms with Crippen molar-refractivity contribution in [2.45, 2.75) is 45.6 Å². The van der Waals surface area contributed by atoms with Crippen LogP contribution in [-0.4, -0.2) is 20.1 Å². The molecule has 0 spiro atoms. The van der Waals surface area contributed by atoms with Crippen LogP contribution in [0.4, 0.5) is 0 Å². The average molecular weight is 257 g/mol. The molecule has 1 N–H and O–H groups in total. The summed E-state index contributed by atoms with van der Waals surface area (Å²) in [5.74, 6) is 0. The third kappa shape index (κ3) is 2.16. The van der Waals surface area contributed by atoms with E-state index in [0.29, 0.717) is 5.69 Å². The van der Waals surface area contributed by atoms with Crippen LogP contribution in [0, 0.1) is 0 Å². The molecule has 1 heterocycles. The Morgan fingerprint density at radius 1 is 1.26 bits per heavy atom. The Morgan fingerprint density at radius 3 is 2.89 bits per heavy atom. The molecular weight excluding hydrogens is 238 g/mol. The molecule has 0 fully saturated rings. The van der Waals surface area contributed by atoms with Crippen molar-refractivity contribution in [1.82, 2.24) is 15.0 Å². The first kappa shape index (κ1) is 12.4. The molecule has 0 bridgehead atoms. The first-order chi connectivity index (χ1) is 9.33. The highest BCUT2D eigenvalue weighted by molar-refractivity contribution is 5.43. The number of hydrogen-bond acceptors (Lipinski definition) is 3. The summed E-state index contributed by atoms with van der Waals surface area (Å²) in [6.07, 6.45) is 5.51. The van der Waals surface area contributed by atoms with Gasteiger partial charge in [0, 0.05) is 0 Å². The van der Waals surface area contributed by atoms with Gasteiger partial charge < -0.3 is 5.11 Å². The number of aryl methyl sites for hydroxylation is 2. The molecule has 19 heavy (non-hydrogen) atoms. The molecule has 4 nitrogen and oxygen atoms in total. The third-order valence-electron chi connectivity index (χ3n) is 3.81. The largest absolute Gasteiger partial charge is 0.390 e. The second-order valence-corrected chi connectivity index (χ2v) is 5.11. The van der Waals surface area contributed by atoms with Crippen LogP contribution in [0.3, 0.4) is 0 Å². The summed E-state index contributed by atoms with van der Waals surface area (Å²) in [4.78, 5) is 0. The minimum Gasteiger partial charge on any atom is -0.390 e. The van der Waals surface area contributed by atoms with Gasteiger partial charge in [-0.05, 0) is 48.9 Å². The molecule has 0 saturated carbocycles. The van der Waals surface area contributed by atoms with Crippen molar-refractivity contribution in [2.75, 3.05) is 0 Å². The Bertz CT molecular complexity index is 589. The number of aliphatic hydroxyl groups excluding tert-OH is 1. The van der Waals surface area contributed by atoms with E-state index in [9.17, 15) is 5.11 Å². The summed E-state index contributed by atoms with van der Waals surface area (Å²) in [7, 11) is 0. The van der Waals surface area contributed by atoms with E-state index in [2.05, 4.69) is 35.4 Å². The topological polar surface area (TPSA) is 50.9 Å². The van der Waals surface area contributed by atoms with Gasteiger partial charge >= 0.3 is 0 Å². The van der Waals surface area contributed by atoms with Crippen molar-refractivity contribution >= 4 is 0 Å². The smallest absolute Gasteiger partial charge is 0.112 e. The Labute approximate surface area is 113 Å². The number of nitrogens with zero attached hydrogens (tertiary/aromatic N) is 3. The number of hydrogen-bond donors (Lipinski definition) is 1. The zero-order valence-electron chi connectivity index (χ0n) is 11.3. The lowest BCUT2D eigenvalue weighted by molar-refractivity contribution is 0.275. The monoisotopic (exact) mass is 257 g/mol. The highest BCUT2D eigenvalue weighted by atomic mass is 16.3. The van der Waals surface area contributed by atoms with Crippen LogP contribution in [0.2, 0.25) is 0 Å². The van der Waals surface area contributed by atoms with Gasteiger partial charge in [-0.1, -0.05) is 24.6 Å². The fraction of sp³-hybridized carbons (Fsp3) is 0.467. The third-order valence-corrected chi connectivity index (χ3v) is 3.81. The van der Waals surface area contributed by atoms with E-state index >= 15 is 0 Å². The van der Waals surface area contributed by atoms with E-state index in [1.165, 1.54) is 24.0 Å². The molecule has 4 heteroatoms. The maximum Gasteiger partial charge on any atom is 0.112 e. The highest BCUT2D eigenvalue weighted by Crippen LogP contribution is 2.25. The van der Waals surface area contributed by atoms with Crippen molar-refractivity contribution in [2.24, 2.45) is 0 Å². The molecule has 2 aromatic rings. The zero-order valence-corrected chi connectivity index (χ0v) is 11.3. The predicted molar refractivity (Wildman–Crippen MR) is 73.3 cm³/mol. The molecular formula is C15H19N3O. The van der Waals surface area contributed by atoms with Gasteiger partial charge in [0.15, 0.2) is 0 Å². The van der Waals surface area contributed by atoms with Crippen LogP contribution in [-0.2, 0) is 25.9 Å². The molecule has 1 aromatic carbocycles. The predicted octanol–water partition coefficient (Wildman–Crippen LogP) is 2.20. The first-order valence-corrected chi connectivity index (χ1v) is 7.00. The fourth-order valence-corrected chi connectivity index (χ4v) is 2.84. The van der Waals surface area contributed by atoms with Crippen molar-refractivity contribution in [3.63, 3.8) is 0 Å². The number of aromatic nitrogens is 3. The fourth-order valence-electron chi connectivity index (χ4n) is 2.84. The summed E-state index contributed by atoms with van der Waals surface area (Å²) < 4.78 is 1.88. The second-order valence-electron chi connectivity index (χ2n) is 5.11. The minimum atomic E-state index is -0.0414. The molecule has 1 aromatic heterocycles. The van der Waals surface area contributed by atoms with E-state index in [-0.39, 0.29) is 6.61 Å². The van der Waals surface area contributed by atoms with Crippen LogP contribution in [0.25, 0.3) is 5.69 Å². The molecule has 0 amide bonds. The molecule has 100 valence electrons. The second kappa shape index (κ2) is 5.13. The Morgan fingerprint density at radius 2 is 2.11 bits per heavy atom. The standard InChI is InChI=1S/C15H19N3O/c1-2-4-15-14(10-19)16-17-18(15)13-8-7-11-5-3-6-12(11)9-13/h7-9,19H,2-6,10H2,1H3. The normalized spacial score (nSPS) is 13.8. The Kier molecular flexibility index (Phi) is 3.34. The van der Waals surface area contributed by atoms with E-state index < -0.39 is 0 Å². The number of aliphatic hydroxyl groups is 1. The van der Waals surface area contributed by atoms with Crippen molar-refractivity contribution in [3.05, 3.63) is 40.7 Å². The Hall–Kier alpha value is -1.68. The zero-order chi connectivity index (χ0) is 13.2. The first-order valence-electron chi connectivity index (χ1n) is 7.00. The SMILES string of the molecule is CCCc1c(CO)nnn1-c1ccc2c(c1)CCC2. The molecule has 0 aliphatic heterocycles. The molecule has 0 saturated heterocycles. The molecule has 0 atom stereocenters. The van der Waals surface area contributed by atoms with Gasteiger partial charge in [0.25, 0.3) is 0 Å². The van der Waals surface area contributed by atoms with Crippen molar-refractivity contribution < 1.29 is 5.11 Å². The molecule has 0 radical (unpaired) electrons. The number of rotatable bonds is 4. The van der Waals surface area contributed by atoms with Crippen LogP contribution in [0.15, 0.2) is 18.2 Å². The van der Waals surface area contributed by atoms with Crippen LogP contribution in [0.5, 0.6) is 0 Å². The molecule has 0 unspecified atom stereocenters. The summed E-state index contributed by atoms with van der Waals surface area (Å²) in [6, 6.07) is 6.53. The Balaban J connectivity index is 2.04. The lowest BCUT2D eigenvalue weighted by Gasteiger charge is -2.08. The molecule has 1 aliphatic rings. The molecule has 1 aliphatic carbocycles. The van der Waals surface area contributed by atoms with Gasteiger partial charge in [-0.15, -0.1) is 5.10 Å². The maximum atomic E-state index is 9.34. The van der Waals surface area contributed by atoms with Crippen LogP contribution >= 0.6 is 0 Å². The number of benzene rings is 1. The van der Waals surface area contributed by atoms with Crippen molar-refractivity contribution in [1.29, 1.82) is 0 Å². The minimum absolute atomic E-state index is 0.0414. The van der Waals surface area contributed by atoms with E-state index in [1.54, 1.807) is 0 Å². The van der Waals surface area contributed by atoms with Gasteiger partial charge in [-0.2, -0.15) is 0 Å². The lowest BCUT2D eigenvalue weighted by atomic mass is 10.1. The average Bonchev–Trinajstić information content (AvgIpc) is 3.04.